The van der Waals surface area contributed by atoms with Crippen LogP contribution in [-0.4, -0.2) is 0 Å². The molecule has 0 aliphatic carbocycles. The highest BCUT2D eigenvalue weighted by molar-refractivity contribution is 9.10. The zero-order valence-electron chi connectivity index (χ0n) is 8.61. The van der Waals surface area contributed by atoms with Gasteiger partial charge < -0.3 is 5.73 Å². The summed E-state index contributed by atoms with van der Waals surface area (Å²) in [5, 5.41) is 0. The first-order valence-corrected chi connectivity index (χ1v) is 5.18. The van der Waals surface area contributed by atoms with E-state index in [1.54, 1.807) is 0 Å². The lowest BCUT2D eigenvalue weighted by Gasteiger charge is -2.22. The molecule has 0 unspecified atom stereocenters. The third-order valence-electron chi connectivity index (χ3n) is 2.16. The molecule has 0 radical (unpaired) electrons. The summed E-state index contributed by atoms with van der Waals surface area (Å²) >= 11 is 3.54. The van der Waals surface area contributed by atoms with Crippen molar-refractivity contribution in [1.82, 2.24) is 0 Å². The highest BCUT2D eigenvalue weighted by Gasteiger charge is 2.17. The van der Waals surface area contributed by atoms with Gasteiger partial charge in [0, 0.05) is 10.2 Å². The van der Waals surface area contributed by atoms with Crippen LogP contribution < -0.4 is 5.73 Å². The van der Waals surface area contributed by atoms with Gasteiger partial charge in [0.2, 0.25) is 0 Å². The van der Waals surface area contributed by atoms with Crippen LogP contribution in [0.5, 0.6) is 0 Å². The molecule has 72 valence electrons. The van der Waals surface area contributed by atoms with Crippen molar-refractivity contribution < 1.29 is 0 Å². The fourth-order valence-corrected chi connectivity index (χ4v) is 2.23. The SMILES string of the molecule is Cc1cc(C(C)(C)C)c(Br)cc1N. The Morgan fingerprint density at radius 3 is 2.23 bits per heavy atom. The second kappa shape index (κ2) is 3.33. The molecule has 2 heteroatoms. The first-order valence-electron chi connectivity index (χ1n) is 4.38. The molecule has 1 aromatic rings. The number of hydrogen-bond donors (Lipinski definition) is 1. The summed E-state index contributed by atoms with van der Waals surface area (Å²) in [7, 11) is 0. The van der Waals surface area contributed by atoms with Gasteiger partial charge in [-0.15, -0.1) is 0 Å². The molecule has 0 amide bonds. The van der Waals surface area contributed by atoms with E-state index >= 15 is 0 Å². The first kappa shape index (κ1) is 10.6. The van der Waals surface area contributed by atoms with E-state index in [2.05, 4.69) is 42.8 Å². The lowest BCUT2D eigenvalue weighted by Crippen LogP contribution is -2.12. The topological polar surface area (TPSA) is 26.0 Å². The van der Waals surface area contributed by atoms with E-state index < -0.39 is 0 Å². The van der Waals surface area contributed by atoms with Crippen molar-refractivity contribution in [3.63, 3.8) is 0 Å². The fourth-order valence-electron chi connectivity index (χ4n) is 1.27. The van der Waals surface area contributed by atoms with Gasteiger partial charge in [0.1, 0.15) is 0 Å². The van der Waals surface area contributed by atoms with Crippen LogP contribution in [0.2, 0.25) is 0 Å². The van der Waals surface area contributed by atoms with E-state index in [1.165, 1.54) is 5.56 Å². The van der Waals surface area contributed by atoms with Crippen molar-refractivity contribution in [2.45, 2.75) is 33.1 Å². The maximum absolute atomic E-state index is 5.80. The van der Waals surface area contributed by atoms with E-state index in [0.717, 1.165) is 15.7 Å². The zero-order chi connectivity index (χ0) is 10.2. The maximum atomic E-state index is 5.80. The normalized spacial score (nSPS) is 11.8. The van der Waals surface area contributed by atoms with Crippen LogP contribution in [0.25, 0.3) is 0 Å². The molecule has 0 heterocycles. The number of nitrogen functional groups attached to an aromatic ring is 1. The Kier molecular flexibility index (Phi) is 2.71. The molecule has 13 heavy (non-hydrogen) atoms. The molecule has 0 aromatic heterocycles. The summed E-state index contributed by atoms with van der Waals surface area (Å²) in [5.41, 5.74) is 9.27. The van der Waals surface area contributed by atoms with Gasteiger partial charge in [-0.25, -0.2) is 0 Å². The van der Waals surface area contributed by atoms with Gasteiger partial charge in [0.25, 0.3) is 0 Å². The summed E-state index contributed by atoms with van der Waals surface area (Å²) < 4.78 is 1.10. The molecule has 0 spiro atoms. The average molecular weight is 242 g/mol. The minimum Gasteiger partial charge on any atom is -0.398 e. The molecule has 0 bridgehead atoms. The fraction of sp³-hybridized carbons (Fsp3) is 0.455. The van der Waals surface area contributed by atoms with E-state index in [9.17, 15) is 0 Å². The minimum atomic E-state index is 0.164. The highest BCUT2D eigenvalue weighted by Crippen LogP contribution is 2.32. The second-order valence-corrected chi connectivity index (χ2v) is 5.29. The van der Waals surface area contributed by atoms with Crippen LogP contribution in [0.3, 0.4) is 0 Å². The molecule has 2 N–H and O–H groups in total. The maximum Gasteiger partial charge on any atom is 0.0355 e. The van der Waals surface area contributed by atoms with Gasteiger partial charge in [0.05, 0.1) is 0 Å². The average Bonchev–Trinajstić information content (AvgIpc) is 1.94. The van der Waals surface area contributed by atoms with E-state index in [1.807, 2.05) is 13.0 Å². The van der Waals surface area contributed by atoms with Crippen molar-refractivity contribution in [2.24, 2.45) is 0 Å². The van der Waals surface area contributed by atoms with Crippen molar-refractivity contribution in [1.29, 1.82) is 0 Å². The van der Waals surface area contributed by atoms with Crippen molar-refractivity contribution in [2.75, 3.05) is 5.73 Å². The molecule has 1 rings (SSSR count). The molecule has 0 aliphatic rings. The smallest absolute Gasteiger partial charge is 0.0355 e. The molecule has 1 aromatic carbocycles. The summed E-state index contributed by atoms with van der Waals surface area (Å²) in [4.78, 5) is 0. The lowest BCUT2D eigenvalue weighted by molar-refractivity contribution is 0.587. The Balaban J connectivity index is 3.32. The standard InChI is InChI=1S/C11H16BrN/c1-7-5-8(11(2,3)4)9(12)6-10(7)13/h5-6H,13H2,1-4H3. The van der Waals surface area contributed by atoms with Gasteiger partial charge in [-0.2, -0.15) is 0 Å². The molecule has 1 nitrogen and oxygen atoms in total. The van der Waals surface area contributed by atoms with Gasteiger partial charge in [-0.1, -0.05) is 42.8 Å². The zero-order valence-corrected chi connectivity index (χ0v) is 10.2. The van der Waals surface area contributed by atoms with Crippen molar-refractivity contribution in [3.8, 4) is 0 Å². The molecule has 0 fully saturated rings. The Labute approximate surface area is 88.5 Å². The molecule has 0 atom stereocenters. The van der Waals surface area contributed by atoms with Gasteiger partial charge in [-0.3, -0.25) is 0 Å². The van der Waals surface area contributed by atoms with Crippen molar-refractivity contribution in [3.05, 3.63) is 27.7 Å². The Morgan fingerprint density at radius 2 is 1.77 bits per heavy atom. The van der Waals surface area contributed by atoms with E-state index in [-0.39, 0.29) is 5.41 Å². The quantitative estimate of drug-likeness (QED) is 0.690. The molecular formula is C11H16BrN. The van der Waals surface area contributed by atoms with Crippen LogP contribution in [-0.2, 0) is 5.41 Å². The van der Waals surface area contributed by atoms with E-state index in [4.69, 9.17) is 5.73 Å². The predicted octanol–water partition coefficient (Wildman–Crippen LogP) is 3.64. The predicted molar refractivity (Wildman–Crippen MR) is 62.0 cm³/mol. The van der Waals surface area contributed by atoms with Crippen LogP contribution in [0.1, 0.15) is 31.9 Å². The number of rotatable bonds is 0. The van der Waals surface area contributed by atoms with Crippen molar-refractivity contribution >= 4 is 21.6 Å². The Hall–Kier alpha value is -0.500. The van der Waals surface area contributed by atoms with Crippen LogP contribution in [0.4, 0.5) is 5.69 Å². The monoisotopic (exact) mass is 241 g/mol. The number of nitrogens with two attached hydrogens (primary N) is 1. The third kappa shape index (κ3) is 2.25. The van der Waals surface area contributed by atoms with Gasteiger partial charge in [0.15, 0.2) is 0 Å². The van der Waals surface area contributed by atoms with Crippen LogP contribution >= 0.6 is 15.9 Å². The lowest BCUT2D eigenvalue weighted by atomic mass is 9.86. The highest BCUT2D eigenvalue weighted by atomic mass is 79.9. The van der Waals surface area contributed by atoms with Crippen LogP contribution in [0, 0.1) is 6.92 Å². The van der Waals surface area contributed by atoms with E-state index in [0.29, 0.717) is 0 Å². The number of hydrogen-bond acceptors (Lipinski definition) is 1. The summed E-state index contributed by atoms with van der Waals surface area (Å²) in [6.45, 7) is 8.63. The molecule has 0 aliphatic heterocycles. The first-order chi connectivity index (χ1) is 5.82. The molecule has 0 saturated carbocycles. The van der Waals surface area contributed by atoms with Crippen LogP contribution in [0.15, 0.2) is 16.6 Å². The summed E-state index contributed by atoms with van der Waals surface area (Å²) in [6.07, 6.45) is 0. The minimum absolute atomic E-state index is 0.164. The summed E-state index contributed by atoms with van der Waals surface area (Å²) in [5.74, 6) is 0. The number of aryl methyl sites for hydroxylation is 1. The Morgan fingerprint density at radius 1 is 1.23 bits per heavy atom. The molecule has 0 saturated heterocycles. The number of anilines is 1. The van der Waals surface area contributed by atoms with Gasteiger partial charge in [-0.05, 0) is 29.5 Å². The third-order valence-corrected chi connectivity index (χ3v) is 2.82. The molecular weight excluding hydrogens is 226 g/mol. The number of halogens is 1. The number of benzene rings is 1. The second-order valence-electron chi connectivity index (χ2n) is 4.44. The Bertz CT molecular complexity index is 324. The van der Waals surface area contributed by atoms with Gasteiger partial charge >= 0.3 is 0 Å². The largest absolute Gasteiger partial charge is 0.398 e. The summed E-state index contributed by atoms with van der Waals surface area (Å²) in [6, 6.07) is 4.13.